The third-order valence-electron chi connectivity index (χ3n) is 2.55. The van der Waals surface area contributed by atoms with Crippen molar-refractivity contribution < 1.29 is 10.0 Å². The Kier molecular flexibility index (Phi) is 6.64. The van der Waals surface area contributed by atoms with Crippen LogP contribution in [0, 0.1) is 10.1 Å². The van der Waals surface area contributed by atoms with Gasteiger partial charge in [-0.3, -0.25) is 10.1 Å². The van der Waals surface area contributed by atoms with Gasteiger partial charge in [-0.2, -0.15) is 0 Å². The van der Waals surface area contributed by atoms with Crippen LogP contribution in [0.3, 0.4) is 0 Å². The van der Waals surface area contributed by atoms with Crippen LogP contribution in [-0.2, 0) is 6.54 Å². The van der Waals surface area contributed by atoms with Crippen molar-refractivity contribution in [1.82, 2.24) is 5.32 Å². The zero-order valence-corrected chi connectivity index (χ0v) is 10.8. The average Bonchev–Trinajstić information content (AvgIpc) is 2.35. The summed E-state index contributed by atoms with van der Waals surface area (Å²) < 4.78 is 0. The highest BCUT2D eigenvalue weighted by Gasteiger charge is 2.12. The first kappa shape index (κ1) is 14.9. The third kappa shape index (κ3) is 5.00. The first-order chi connectivity index (χ1) is 8.65. The van der Waals surface area contributed by atoms with Crippen LogP contribution in [0.15, 0.2) is 18.2 Å². The highest BCUT2D eigenvalue weighted by molar-refractivity contribution is 6.32. The molecule has 0 aromatic heterocycles. The van der Waals surface area contributed by atoms with Gasteiger partial charge in [0, 0.05) is 19.2 Å². The highest BCUT2D eigenvalue weighted by Crippen LogP contribution is 2.24. The Morgan fingerprint density at radius 1 is 1.33 bits per heavy atom. The van der Waals surface area contributed by atoms with Crippen molar-refractivity contribution in [3.8, 4) is 0 Å². The lowest BCUT2D eigenvalue weighted by molar-refractivity contribution is -0.384. The van der Waals surface area contributed by atoms with E-state index < -0.39 is 4.92 Å². The van der Waals surface area contributed by atoms with Crippen molar-refractivity contribution in [1.29, 1.82) is 0 Å². The normalized spacial score (nSPS) is 10.6. The molecule has 0 heterocycles. The van der Waals surface area contributed by atoms with Gasteiger partial charge in [0.2, 0.25) is 0 Å². The molecule has 0 spiro atoms. The van der Waals surface area contributed by atoms with E-state index in [1.807, 2.05) is 0 Å². The van der Waals surface area contributed by atoms with E-state index in [9.17, 15) is 10.1 Å². The monoisotopic (exact) mass is 272 g/mol. The van der Waals surface area contributed by atoms with Crippen LogP contribution >= 0.6 is 11.6 Å². The molecule has 0 fully saturated rings. The Balaban J connectivity index is 2.38. The van der Waals surface area contributed by atoms with Gasteiger partial charge in [0.25, 0.3) is 5.69 Å². The Morgan fingerprint density at radius 2 is 2.11 bits per heavy atom. The standard InChI is InChI=1S/C12H17ClN2O3/c13-11-5-4-10(8-12(11)15(17)18)9-14-6-2-1-3-7-16/h4-5,8,14,16H,1-3,6-7,9H2. The maximum atomic E-state index is 10.7. The molecular weight excluding hydrogens is 256 g/mol. The number of nitro benzene ring substituents is 1. The molecule has 1 aromatic rings. The number of hydrogen-bond donors (Lipinski definition) is 2. The summed E-state index contributed by atoms with van der Waals surface area (Å²) in [5.74, 6) is 0. The number of halogens is 1. The molecule has 6 heteroatoms. The van der Waals surface area contributed by atoms with Crippen LogP contribution in [0.5, 0.6) is 0 Å². The average molecular weight is 273 g/mol. The topological polar surface area (TPSA) is 75.4 Å². The minimum Gasteiger partial charge on any atom is -0.396 e. The fourth-order valence-corrected chi connectivity index (χ4v) is 1.77. The number of aliphatic hydroxyl groups excluding tert-OH is 1. The van der Waals surface area contributed by atoms with Gasteiger partial charge < -0.3 is 10.4 Å². The van der Waals surface area contributed by atoms with Gasteiger partial charge in [-0.05, 0) is 37.4 Å². The Hall–Kier alpha value is -1.17. The minimum atomic E-state index is -0.479. The van der Waals surface area contributed by atoms with Crippen molar-refractivity contribution in [2.45, 2.75) is 25.8 Å². The molecule has 1 rings (SSSR count). The predicted octanol–water partition coefficient (Wildman–Crippen LogP) is 2.50. The second-order valence-electron chi connectivity index (χ2n) is 4.00. The maximum absolute atomic E-state index is 10.7. The van der Waals surface area contributed by atoms with Crippen molar-refractivity contribution in [2.24, 2.45) is 0 Å². The summed E-state index contributed by atoms with van der Waals surface area (Å²) in [5, 5.41) is 22.7. The molecule has 0 aliphatic heterocycles. The van der Waals surface area contributed by atoms with Crippen LogP contribution < -0.4 is 5.32 Å². The molecule has 18 heavy (non-hydrogen) atoms. The first-order valence-corrected chi connectivity index (χ1v) is 6.27. The molecule has 0 aliphatic rings. The lowest BCUT2D eigenvalue weighted by Crippen LogP contribution is -2.14. The summed E-state index contributed by atoms with van der Waals surface area (Å²) in [6.07, 6.45) is 2.77. The fraction of sp³-hybridized carbons (Fsp3) is 0.500. The molecule has 0 saturated heterocycles. The van der Waals surface area contributed by atoms with Gasteiger partial charge in [-0.15, -0.1) is 0 Å². The molecule has 0 atom stereocenters. The molecule has 0 unspecified atom stereocenters. The second kappa shape index (κ2) is 8.02. The summed E-state index contributed by atoms with van der Waals surface area (Å²) in [4.78, 5) is 10.2. The lowest BCUT2D eigenvalue weighted by atomic mass is 10.2. The first-order valence-electron chi connectivity index (χ1n) is 5.89. The summed E-state index contributed by atoms with van der Waals surface area (Å²) in [6, 6.07) is 4.81. The number of nitrogens with zero attached hydrogens (tertiary/aromatic N) is 1. The summed E-state index contributed by atoms with van der Waals surface area (Å²) in [5.41, 5.74) is 0.782. The number of rotatable bonds is 8. The highest BCUT2D eigenvalue weighted by atomic mass is 35.5. The van der Waals surface area contributed by atoms with Crippen molar-refractivity contribution in [3.05, 3.63) is 38.9 Å². The van der Waals surface area contributed by atoms with Gasteiger partial charge in [-0.1, -0.05) is 17.7 Å². The third-order valence-corrected chi connectivity index (χ3v) is 2.87. The Labute approximate surface area is 111 Å². The van der Waals surface area contributed by atoms with E-state index in [2.05, 4.69) is 5.32 Å². The van der Waals surface area contributed by atoms with E-state index in [4.69, 9.17) is 16.7 Å². The molecule has 100 valence electrons. The van der Waals surface area contributed by atoms with Crippen LogP contribution in [0.2, 0.25) is 5.02 Å². The van der Waals surface area contributed by atoms with E-state index in [-0.39, 0.29) is 17.3 Å². The lowest BCUT2D eigenvalue weighted by Gasteiger charge is -2.05. The largest absolute Gasteiger partial charge is 0.396 e. The molecular formula is C12H17ClN2O3. The molecule has 0 aliphatic carbocycles. The van der Waals surface area contributed by atoms with E-state index >= 15 is 0 Å². The van der Waals surface area contributed by atoms with Crippen LogP contribution in [-0.4, -0.2) is 23.2 Å². The van der Waals surface area contributed by atoms with Crippen molar-refractivity contribution in [3.63, 3.8) is 0 Å². The second-order valence-corrected chi connectivity index (χ2v) is 4.41. The van der Waals surface area contributed by atoms with Crippen LogP contribution in [0.25, 0.3) is 0 Å². The molecule has 0 saturated carbocycles. The van der Waals surface area contributed by atoms with E-state index in [1.54, 1.807) is 12.1 Å². The summed E-state index contributed by atoms with van der Waals surface area (Å²) in [6.45, 7) is 1.64. The number of aliphatic hydroxyl groups is 1. The van der Waals surface area contributed by atoms with Gasteiger partial charge >= 0.3 is 0 Å². The summed E-state index contributed by atoms with van der Waals surface area (Å²) in [7, 11) is 0. The molecule has 0 amide bonds. The van der Waals surface area contributed by atoms with Crippen LogP contribution in [0.4, 0.5) is 5.69 Å². The molecule has 2 N–H and O–H groups in total. The zero-order chi connectivity index (χ0) is 13.4. The number of benzene rings is 1. The molecule has 1 aromatic carbocycles. The predicted molar refractivity (Wildman–Crippen MR) is 70.7 cm³/mol. The van der Waals surface area contributed by atoms with E-state index in [0.717, 1.165) is 31.4 Å². The van der Waals surface area contributed by atoms with Gasteiger partial charge in [0.05, 0.1) is 4.92 Å². The van der Waals surface area contributed by atoms with Crippen molar-refractivity contribution in [2.75, 3.05) is 13.2 Å². The molecule has 0 radical (unpaired) electrons. The number of nitrogens with one attached hydrogen (secondary N) is 1. The number of unbranched alkanes of at least 4 members (excludes halogenated alkanes) is 2. The maximum Gasteiger partial charge on any atom is 0.288 e. The van der Waals surface area contributed by atoms with Gasteiger partial charge in [-0.25, -0.2) is 0 Å². The Bertz CT molecular complexity index is 399. The van der Waals surface area contributed by atoms with Gasteiger partial charge in [0.15, 0.2) is 0 Å². The SMILES string of the molecule is O=[N+]([O-])c1cc(CNCCCCCO)ccc1Cl. The molecule has 0 bridgehead atoms. The number of hydrogen-bond acceptors (Lipinski definition) is 4. The zero-order valence-electron chi connectivity index (χ0n) is 10.1. The fourth-order valence-electron chi connectivity index (χ4n) is 1.58. The summed E-state index contributed by atoms with van der Waals surface area (Å²) >= 11 is 5.72. The van der Waals surface area contributed by atoms with E-state index in [1.165, 1.54) is 6.07 Å². The van der Waals surface area contributed by atoms with Crippen LogP contribution in [0.1, 0.15) is 24.8 Å². The number of nitro groups is 1. The van der Waals surface area contributed by atoms with Gasteiger partial charge in [0.1, 0.15) is 5.02 Å². The minimum absolute atomic E-state index is 0.0590. The van der Waals surface area contributed by atoms with E-state index in [0.29, 0.717) is 6.54 Å². The smallest absolute Gasteiger partial charge is 0.288 e. The Morgan fingerprint density at radius 3 is 2.78 bits per heavy atom. The quantitative estimate of drug-likeness (QED) is 0.433. The van der Waals surface area contributed by atoms with Crippen molar-refractivity contribution >= 4 is 17.3 Å². The molecule has 5 nitrogen and oxygen atoms in total.